The van der Waals surface area contributed by atoms with Gasteiger partial charge in [-0.15, -0.1) is 0 Å². The largest absolute Gasteiger partial charge is 0.360 e. The van der Waals surface area contributed by atoms with Crippen LogP contribution in [0.15, 0.2) is 10.6 Å². The van der Waals surface area contributed by atoms with E-state index in [1.807, 2.05) is 13.0 Å². The predicted octanol–water partition coefficient (Wildman–Crippen LogP) is 2.39. The highest BCUT2D eigenvalue weighted by molar-refractivity contribution is 5.23. The van der Waals surface area contributed by atoms with E-state index in [2.05, 4.69) is 41.1 Å². The van der Waals surface area contributed by atoms with Gasteiger partial charge in [0.15, 0.2) is 5.76 Å². The van der Waals surface area contributed by atoms with Gasteiger partial charge in [0.25, 0.3) is 0 Å². The van der Waals surface area contributed by atoms with E-state index in [1.54, 1.807) is 0 Å². The summed E-state index contributed by atoms with van der Waals surface area (Å²) >= 11 is 0. The van der Waals surface area contributed by atoms with Crippen molar-refractivity contribution in [2.45, 2.75) is 40.2 Å². The number of hydrogen-bond acceptors (Lipinski definition) is 4. The van der Waals surface area contributed by atoms with Gasteiger partial charge in [-0.1, -0.05) is 5.16 Å². The number of H-pyrrole nitrogens is 1. The molecule has 19 heavy (non-hydrogen) atoms. The molecule has 0 unspecified atom stereocenters. The van der Waals surface area contributed by atoms with Gasteiger partial charge in [0.05, 0.1) is 17.9 Å². The summed E-state index contributed by atoms with van der Waals surface area (Å²) in [5, 5.41) is 11.2. The first kappa shape index (κ1) is 13.8. The van der Waals surface area contributed by atoms with Crippen molar-refractivity contribution in [2.24, 2.45) is 0 Å². The highest BCUT2D eigenvalue weighted by Gasteiger charge is 2.08. The molecule has 104 valence electrons. The Hall–Kier alpha value is -1.62. The van der Waals surface area contributed by atoms with Crippen LogP contribution in [0.5, 0.6) is 0 Å². The van der Waals surface area contributed by atoms with Gasteiger partial charge in [0.1, 0.15) is 0 Å². The molecule has 1 N–H and O–H groups in total. The first-order chi connectivity index (χ1) is 9.06. The third-order valence-corrected chi connectivity index (χ3v) is 3.35. The average molecular weight is 262 g/mol. The molecule has 0 bridgehead atoms. The highest BCUT2D eigenvalue weighted by Crippen LogP contribution is 2.12. The maximum atomic E-state index is 5.22. The first-order valence-corrected chi connectivity index (χ1v) is 6.67. The zero-order valence-electron chi connectivity index (χ0n) is 12.2. The lowest BCUT2D eigenvalue weighted by molar-refractivity contribution is 0.269. The molecule has 2 heterocycles. The molecule has 0 atom stereocenters. The molecule has 0 saturated heterocycles. The van der Waals surface area contributed by atoms with Gasteiger partial charge >= 0.3 is 0 Å². The van der Waals surface area contributed by atoms with Crippen LogP contribution in [0.25, 0.3) is 0 Å². The average Bonchev–Trinajstić information content (AvgIpc) is 2.89. The zero-order valence-corrected chi connectivity index (χ0v) is 12.2. The van der Waals surface area contributed by atoms with Crippen LogP contribution in [-0.2, 0) is 13.0 Å². The number of rotatable bonds is 6. The minimum atomic E-state index is 0.810. The van der Waals surface area contributed by atoms with Crippen molar-refractivity contribution >= 4 is 0 Å². The summed E-state index contributed by atoms with van der Waals surface area (Å²) in [7, 11) is 2.10. The van der Waals surface area contributed by atoms with E-state index < -0.39 is 0 Å². The second kappa shape index (κ2) is 6.02. The van der Waals surface area contributed by atoms with Gasteiger partial charge in [-0.25, -0.2) is 0 Å². The lowest BCUT2D eigenvalue weighted by Crippen LogP contribution is -2.19. The quantitative estimate of drug-likeness (QED) is 0.868. The molecule has 0 fully saturated rings. The number of aryl methyl sites for hydroxylation is 3. The Kier molecular flexibility index (Phi) is 4.37. The minimum Gasteiger partial charge on any atom is -0.360 e. The molecule has 0 radical (unpaired) electrons. The fourth-order valence-corrected chi connectivity index (χ4v) is 2.30. The molecule has 5 heteroatoms. The number of nitrogens with one attached hydrogen (secondary N) is 1. The monoisotopic (exact) mass is 262 g/mol. The molecule has 2 aromatic rings. The maximum absolute atomic E-state index is 5.22. The predicted molar refractivity (Wildman–Crippen MR) is 74.0 cm³/mol. The van der Waals surface area contributed by atoms with Crippen LogP contribution >= 0.6 is 0 Å². The maximum Gasteiger partial charge on any atom is 0.150 e. The van der Waals surface area contributed by atoms with Crippen molar-refractivity contribution in [3.05, 3.63) is 34.5 Å². The lowest BCUT2D eigenvalue weighted by Gasteiger charge is -2.14. The van der Waals surface area contributed by atoms with E-state index in [9.17, 15) is 0 Å². The highest BCUT2D eigenvalue weighted by atomic mass is 16.5. The van der Waals surface area contributed by atoms with Crippen LogP contribution in [0.2, 0.25) is 0 Å². The summed E-state index contributed by atoms with van der Waals surface area (Å²) in [4.78, 5) is 2.25. The van der Waals surface area contributed by atoms with Gasteiger partial charge in [0, 0.05) is 11.8 Å². The molecule has 5 nitrogen and oxygen atoms in total. The van der Waals surface area contributed by atoms with E-state index in [4.69, 9.17) is 4.52 Å². The van der Waals surface area contributed by atoms with Crippen LogP contribution in [-0.4, -0.2) is 33.8 Å². The van der Waals surface area contributed by atoms with Crippen molar-refractivity contribution in [1.29, 1.82) is 0 Å². The molecular weight excluding hydrogens is 240 g/mol. The molecule has 0 saturated carbocycles. The van der Waals surface area contributed by atoms with Crippen LogP contribution in [0, 0.1) is 20.8 Å². The van der Waals surface area contributed by atoms with E-state index in [0.717, 1.165) is 43.1 Å². The SMILES string of the molecule is Cc1cc(CN(C)CCCc2c(C)n[nH]c2C)on1. The molecule has 0 amide bonds. The van der Waals surface area contributed by atoms with E-state index in [1.165, 1.54) is 11.3 Å². The van der Waals surface area contributed by atoms with E-state index in [-0.39, 0.29) is 0 Å². The zero-order chi connectivity index (χ0) is 13.8. The summed E-state index contributed by atoms with van der Waals surface area (Å²) in [6.07, 6.45) is 2.18. The third-order valence-electron chi connectivity index (χ3n) is 3.35. The summed E-state index contributed by atoms with van der Waals surface area (Å²) < 4.78 is 5.22. The standard InChI is InChI=1S/C14H22N4O/c1-10-8-13(19-17-10)9-18(4)7-5-6-14-11(2)15-16-12(14)3/h8H,5-7,9H2,1-4H3,(H,15,16). The Morgan fingerprint density at radius 2 is 2.11 bits per heavy atom. The Morgan fingerprint density at radius 1 is 1.32 bits per heavy atom. The van der Waals surface area contributed by atoms with Crippen molar-refractivity contribution in [1.82, 2.24) is 20.3 Å². The first-order valence-electron chi connectivity index (χ1n) is 6.67. The summed E-state index contributed by atoms with van der Waals surface area (Å²) in [6.45, 7) is 7.92. The molecule has 2 rings (SSSR count). The fraction of sp³-hybridized carbons (Fsp3) is 0.571. The second-order valence-corrected chi connectivity index (χ2v) is 5.19. The molecule has 0 aromatic carbocycles. The smallest absolute Gasteiger partial charge is 0.150 e. The molecule has 0 aliphatic rings. The molecule has 0 spiro atoms. The Morgan fingerprint density at radius 3 is 2.68 bits per heavy atom. The van der Waals surface area contributed by atoms with Crippen LogP contribution < -0.4 is 0 Å². The Bertz CT molecular complexity index is 510. The molecular formula is C14H22N4O. The molecule has 0 aliphatic heterocycles. The van der Waals surface area contributed by atoms with Gasteiger partial charge < -0.3 is 4.52 Å². The Labute approximate surface area is 114 Å². The van der Waals surface area contributed by atoms with E-state index >= 15 is 0 Å². The van der Waals surface area contributed by atoms with Crippen LogP contribution in [0.3, 0.4) is 0 Å². The fourth-order valence-electron chi connectivity index (χ4n) is 2.30. The van der Waals surface area contributed by atoms with Crippen LogP contribution in [0.1, 0.15) is 34.8 Å². The summed E-state index contributed by atoms with van der Waals surface area (Å²) in [6, 6.07) is 1.99. The van der Waals surface area contributed by atoms with Crippen LogP contribution in [0.4, 0.5) is 0 Å². The lowest BCUT2D eigenvalue weighted by atomic mass is 10.1. The van der Waals surface area contributed by atoms with Crippen molar-refractivity contribution < 1.29 is 4.52 Å². The van der Waals surface area contributed by atoms with Crippen molar-refractivity contribution in [2.75, 3.05) is 13.6 Å². The van der Waals surface area contributed by atoms with Gasteiger partial charge in [-0.05, 0) is 52.8 Å². The summed E-state index contributed by atoms with van der Waals surface area (Å²) in [5.41, 5.74) is 4.59. The second-order valence-electron chi connectivity index (χ2n) is 5.19. The van der Waals surface area contributed by atoms with Gasteiger partial charge in [0.2, 0.25) is 0 Å². The topological polar surface area (TPSA) is 58.0 Å². The van der Waals surface area contributed by atoms with Gasteiger partial charge in [-0.2, -0.15) is 5.10 Å². The summed E-state index contributed by atoms with van der Waals surface area (Å²) in [5.74, 6) is 0.927. The third kappa shape index (κ3) is 3.67. The normalized spacial score (nSPS) is 11.4. The molecule has 0 aliphatic carbocycles. The Balaban J connectivity index is 1.76. The number of nitrogens with zero attached hydrogens (tertiary/aromatic N) is 3. The number of aromatic amines is 1. The van der Waals surface area contributed by atoms with Crippen molar-refractivity contribution in [3.63, 3.8) is 0 Å². The number of hydrogen-bond donors (Lipinski definition) is 1. The number of aromatic nitrogens is 3. The van der Waals surface area contributed by atoms with Crippen molar-refractivity contribution in [3.8, 4) is 0 Å². The molecule has 2 aromatic heterocycles. The van der Waals surface area contributed by atoms with E-state index in [0.29, 0.717) is 0 Å². The van der Waals surface area contributed by atoms with Gasteiger partial charge in [-0.3, -0.25) is 10.00 Å². The minimum absolute atomic E-state index is 0.810.